The van der Waals surface area contributed by atoms with Gasteiger partial charge < -0.3 is 14.6 Å². The first kappa shape index (κ1) is 15.2. The van der Waals surface area contributed by atoms with E-state index in [1.165, 1.54) is 0 Å². The first-order valence-corrected chi connectivity index (χ1v) is 7.49. The number of nitrogens with zero attached hydrogens (tertiary/aromatic N) is 2. The summed E-state index contributed by atoms with van der Waals surface area (Å²) in [5.74, 6) is -0.299. The SMILES string of the molecule is CN(C)CCOC(=O)c1ccccc1-c1ccc2nc[nH]c2c1. The number of aromatic nitrogens is 2. The van der Waals surface area contributed by atoms with E-state index in [4.69, 9.17) is 4.74 Å². The van der Waals surface area contributed by atoms with Crippen LogP contribution in [0.2, 0.25) is 0 Å². The van der Waals surface area contributed by atoms with Gasteiger partial charge in [0.05, 0.1) is 22.9 Å². The maximum atomic E-state index is 12.4. The lowest BCUT2D eigenvalue weighted by molar-refractivity contribution is 0.0483. The number of esters is 1. The minimum atomic E-state index is -0.299. The number of likely N-dealkylation sites (N-methyl/N-ethyl adjacent to an activating group) is 1. The summed E-state index contributed by atoms with van der Waals surface area (Å²) in [6, 6.07) is 13.4. The average molecular weight is 309 g/mol. The second-order valence-electron chi connectivity index (χ2n) is 5.62. The lowest BCUT2D eigenvalue weighted by atomic mass is 9.99. The van der Waals surface area contributed by atoms with Gasteiger partial charge in [0.2, 0.25) is 0 Å². The Morgan fingerprint density at radius 1 is 1.22 bits per heavy atom. The number of H-pyrrole nitrogens is 1. The van der Waals surface area contributed by atoms with Gasteiger partial charge in [0.1, 0.15) is 6.61 Å². The predicted octanol–water partition coefficient (Wildman–Crippen LogP) is 2.95. The lowest BCUT2D eigenvalue weighted by Gasteiger charge is -2.12. The van der Waals surface area contributed by atoms with E-state index in [9.17, 15) is 4.79 Å². The Morgan fingerprint density at radius 2 is 2.04 bits per heavy atom. The number of hydrogen-bond acceptors (Lipinski definition) is 4. The molecule has 0 saturated carbocycles. The van der Waals surface area contributed by atoms with Gasteiger partial charge in [-0.05, 0) is 43.4 Å². The second-order valence-corrected chi connectivity index (χ2v) is 5.62. The summed E-state index contributed by atoms with van der Waals surface area (Å²) >= 11 is 0. The normalized spacial score (nSPS) is 11.1. The van der Waals surface area contributed by atoms with E-state index in [0.29, 0.717) is 18.7 Å². The molecule has 1 heterocycles. The van der Waals surface area contributed by atoms with Crippen molar-refractivity contribution in [2.45, 2.75) is 0 Å². The number of aromatic amines is 1. The molecule has 0 saturated heterocycles. The third-order valence-electron chi connectivity index (χ3n) is 3.65. The van der Waals surface area contributed by atoms with Crippen LogP contribution in [0.4, 0.5) is 0 Å². The van der Waals surface area contributed by atoms with Crippen LogP contribution in [0.15, 0.2) is 48.8 Å². The summed E-state index contributed by atoms with van der Waals surface area (Å²) in [4.78, 5) is 21.7. The largest absolute Gasteiger partial charge is 0.461 e. The summed E-state index contributed by atoms with van der Waals surface area (Å²) in [7, 11) is 3.89. The number of ether oxygens (including phenoxy) is 1. The molecular formula is C18H19N3O2. The van der Waals surface area contributed by atoms with Crippen molar-refractivity contribution in [3.05, 3.63) is 54.4 Å². The molecule has 1 aromatic heterocycles. The van der Waals surface area contributed by atoms with Gasteiger partial charge >= 0.3 is 5.97 Å². The van der Waals surface area contributed by atoms with E-state index in [1.807, 2.05) is 55.4 Å². The molecule has 5 nitrogen and oxygen atoms in total. The fourth-order valence-corrected chi connectivity index (χ4v) is 2.41. The van der Waals surface area contributed by atoms with Crippen LogP contribution in [0, 0.1) is 0 Å². The third-order valence-corrected chi connectivity index (χ3v) is 3.65. The Hall–Kier alpha value is -2.66. The molecule has 0 radical (unpaired) electrons. The van der Waals surface area contributed by atoms with Gasteiger partial charge in [-0.2, -0.15) is 0 Å². The Labute approximate surface area is 134 Å². The zero-order valence-electron chi connectivity index (χ0n) is 13.2. The molecule has 0 bridgehead atoms. The molecule has 1 N–H and O–H groups in total. The third kappa shape index (κ3) is 3.40. The van der Waals surface area contributed by atoms with E-state index in [1.54, 1.807) is 12.4 Å². The van der Waals surface area contributed by atoms with E-state index in [-0.39, 0.29) is 5.97 Å². The maximum Gasteiger partial charge on any atom is 0.338 e. The molecule has 3 rings (SSSR count). The number of nitrogens with one attached hydrogen (secondary N) is 1. The zero-order valence-corrected chi connectivity index (χ0v) is 13.2. The van der Waals surface area contributed by atoms with Crippen molar-refractivity contribution in [1.29, 1.82) is 0 Å². The van der Waals surface area contributed by atoms with Gasteiger partial charge in [0, 0.05) is 6.54 Å². The topological polar surface area (TPSA) is 58.2 Å². The smallest absolute Gasteiger partial charge is 0.338 e. The van der Waals surface area contributed by atoms with Crippen LogP contribution < -0.4 is 0 Å². The minimum absolute atomic E-state index is 0.299. The summed E-state index contributed by atoms with van der Waals surface area (Å²) in [5.41, 5.74) is 4.24. The minimum Gasteiger partial charge on any atom is -0.461 e. The van der Waals surface area contributed by atoms with Crippen LogP contribution in [0.3, 0.4) is 0 Å². The molecule has 23 heavy (non-hydrogen) atoms. The highest BCUT2D eigenvalue weighted by Gasteiger charge is 2.14. The number of rotatable bonds is 5. The lowest BCUT2D eigenvalue weighted by Crippen LogP contribution is -2.20. The van der Waals surface area contributed by atoms with Crippen molar-refractivity contribution in [2.75, 3.05) is 27.2 Å². The fraction of sp³-hybridized carbons (Fsp3) is 0.222. The monoisotopic (exact) mass is 309 g/mol. The van der Waals surface area contributed by atoms with Crippen LogP contribution in [0.5, 0.6) is 0 Å². The van der Waals surface area contributed by atoms with Gasteiger partial charge in [0.15, 0.2) is 0 Å². The van der Waals surface area contributed by atoms with Crippen LogP contribution in [0.25, 0.3) is 22.2 Å². The molecule has 2 aromatic carbocycles. The van der Waals surface area contributed by atoms with Crippen molar-refractivity contribution in [2.24, 2.45) is 0 Å². The highest BCUT2D eigenvalue weighted by Crippen LogP contribution is 2.26. The Morgan fingerprint density at radius 3 is 2.87 bits per heavy atom. The van der Waals surface area contributed by atoms with Crippen molar-refractivity contribution in [3.8, 4) is 11.1 Å². The number of carbonyl (C=O) groups is 1. The van der Waals surface area contributed by atoms with E-state index in [2.05, 4.69) is 9.97 Å². The highest BCUT2D eigenvalue weighted by molar-refractivity contribution is 5.98. The quantitative estimate of drug-likeness (QED) is 0.736. The summed E-state index contributed by atoms with van der Waals surface area (Å²) in [6.07, 6.45) is 1.66. The molecule has 0 aliphatic heterocycles. The van der Waals surface area contributed by atoms with Crippen molar-refractivity contribution in [3.63, 3.8) is 0 Å². The Bertz CT molecular complexity index is 824. The molecule has 0 spiro atoms. The number of fused-ring (bicyclic) bond motifs is 1. The van der Waals surface area contributed by atoms with Gasteiger partial charge in [0.25, 0.3) is 0 Å². The molecule has 0 unspecified atom stereocenters. The van der Waals surface area contributed by atoms with Crippen LogP contribution >= 0.6 is 0 Å². The maximum absolute atomic E-state index is 12.4. The first-order chi connectivity index (χ1) is 11.1. The van der Waals surface area contributed by atoms with Gasteiger partial charge in [-0.1, -0.05) is 24.3 Å². The summed E-state index contributed by atoms with van der Waals surface area (Å²) < 4.78 is 5.37. The first-order valence-electron chi connectivity index (χ1n) is 7.49. The van der Waals surface area contributed by atoms with Crippen molar-refractivity contribution < 1.29 is 9.53 Å². The highest BCUT2D eigenvalue weighted by atomic mass is 16.5. The molecule has 3 aromatic rings. The molecule has 118 valence electrons. The standard InChI is InChI=1S/C18H19N3O2/c1-21(2)9-10-23-18(22)15-6-4-3-5-14(15)13-7-8-16-17(11-13)20-12-19-16/h3-8,11-12H,9-10H2,1-2H3,(H,19,20). The van der Waals surface area contributed by atoms with E-state index >= 15 is 0 Å². The van der Waals surface area contributed by atoms with Crippen molar-refractivity contribution in [1.82, 2.24) is 14.9 Å². The summed E-state index contributed by atoms with van der Waals surface area (Å²) in [6.45, 7) is 1.08. The van der Waals surface area contributed by atoms with Crippen LogP contribution in [0.1, 0.15) is 10.4 Å². The molecule has 0 aliphatic carbocycles. The van der Waals surface area contributed by atoms with Crippen LogP contribution in [-0.2, 0) is 4.74 Å². The number of carbonyl (C=O) groups excluding carboxylic acids is 1. The van der Waals surface area contributed by atoms with Crippen molar-refractivity contribution >= 4 is 17.0 Å². The summed E-state index contributed by atoms with van der Waals surface area (Å²) in [5, 5.41) is 0. The van der Waals surface area contributed by atoms with Gasteiger partial charge in [-0.15, -0.1) is 0 Å². The molecule has 0 aliphatic rings. The van der Waals surface area contributed by atoms with E-state index < -0.39 is 0 Å². The molecular weight excluding hydrogens is 290 g/mol. The van der Waals surface area contributed by atoms with Crippen LogP contribution in [-0.4, -0.2) is 48.1 Å². The van der Waals surface area contributed by atoms with Gasteiger partial charge in [-0.25, -0.2) is 9.78 Å². The zero-order chi connectivity index (χ0) is 16.2. The Balaban J connectivity index is 1.89. The molecule has 0 atom stereocenters. The molecule has 0 amide bonds. The fourth-order valence-electron chi connectivity index (χ4n) is 2.41. The molecule has 0 fully saturated rings. The molecule has 5 heteroatoms. The second kappa shape index (κ2) is 6.62. The predicted molar refractivity (Wildman–Crippen MR) is 90.4 cm³/mol. The number of hydrogen-bond donors (Lipinski definition) is 1. The number of benzene rings is 2. The van der Waals surface area contributed by atoms with E-state index in [0.717, 1.165) is 22.2 Å². The number of imidazole rings is 1. The Kier molecular flexibility index (Phi) is 4.39. The average Bonchev–Trinajstić information content (AvgIpc) is 3.02. The van der Waals surface area contributed by atoms with Gasteiger partial charge in [-0.3, -0.25) is 0 Å².